The average molecular weight is 475 g/mol. The lowest BCUT2D eigenvalue weighted by Crippen LogP contribution is -2.42. The van der Waals surface area contributed by atoms with Crippen LogP contribution in [0.2, 0.25) is 10.0 Å². The molecular formula is C24H28Cl2N4O2. The number of para-hydroxylation sites is 2. The molecule has 6 nitrogen and oxygen atoms in total. The van der Waals surface area contributed by atoms with Gasteiger partial charge >= 0.3 is 6.09 Å². The molecule has 8 heteroatoms. The van der Waals surface area contributed by atoms with Gasteiger partial charge in [-0.1, -0.05) is 41.4 Å². The third kappa shape index (κ3) is 4.97. The number of likely N-dealkylation sites (tertiary alicyclic amines) is 1. The van der Waals surface area contributed by atoms with Gasteiger partial charge in [0.05, 0.1) is 23.6 Å². The lowest BCUT2D eigenvalue weighted by Gasteiger charge is -2.28. The highest BCUT2D eigenvalue weighted by Crippen LogP contribution is 2.29. The second-order valence-electron chi connectivity index (χ2n) is 9.06. The SMILES string of the molecule is CC(C)(C)OC(=O)N1CCC[C@@H]1CNc1nc2ccccc2n1Cc1c(Cl)cccc1Cl. The molecule has 0 saturated carbocycles. The zero-order valence-corrected chi connectivity index (χ0v) is 20.1. The van der Waals surface area contributed by atoms with Gasteiger partial charge in [-0.05, 0) is 57.9 Å². The molecule has 1 aliphatic rings. The fraction of sp³-hybridized carbons (Fsp3) is 0.417. The number of carbonyl (C=O) groups excluding carboxylic acids is 1. The molecule has 0 radical (unpaired) electrons. The monoisotopic (exact) mass is 474 g/mol. The van der Waals surface area contributed by atoms with Gasteiger partial charge in [-0.25, -0.2) is 9.78 Å². The number of carbonyl (C=O) groups is 1. The van der Waals surface area contributed by atoms with Crippen molar-refractivity contribution in [3.05, 3.63) is 58.1 Å². The molecule has 2 aromatic carbocycles. The van der Waals surface area contributed by atoms with E-state index < -0.39 is 5.60 Å². The van der Waals surface area contributed by atoms with Crippen LogP contribution in [0.3, 0.4) is 0 Å². The van der Waals surface area contributed by atoms with Crippen LogP contribution in [0, 0.1) is 0 Å². The van der Waals surface area contributed by atoms with Gasteiger partial charge in [-0.15, -0.1) is 0 Å². The number of hydrogen-bond acceptors (Lipinski definition) is 4. The van der Waals surface area contributed by atoms with Crippen LogP contribution in [-0.2, 0) is 11.3 Å². The maximum absolute atomic E-state index is 12.6. The summed E-state index contributed by atoms with van der Waals surface area (Å²) in [4.78, 5) is 19.2. The Bertz CT molecular complexity index is 1100. The van der Waals surface area contributed by atoms with Crippen LogP contribution in [0.15, 0.2) is 42.5 Å². The molecule has 2 heterocycles. The van der Waals surface area contributed by atoms with E-state index in [1.54, 1.807) is 0 Å². The summed E-state index contributed by atoms with van der Waals surface area (Å²) in [6.07, 6.45) is 1.61. The Labute approximate surface area is 198 Å². The zero-order chi connectivity index (χ0) is 22.9. The molecule has 1 N–H and O–H groups in total. The molecule has 3 aromatic rings. The summed E-state index contributed by atoms with van der Waals surface area (Å²) in [7, 11) is 0. The maximum Gasteiger partial charge on any atom is 0.410 e. The number of nitrogens with zero attached hydrogens (tertiary/aromatic N) is 3. The van der Waals surface area contributed by atoms with Crippen LogP contribution < -0.4 is 5.32 Å². The Kier molecular flexibility index (Phi) is 6.54. The number of hydrogen-bond donors (Lipinski definition) is 1. The van der Waals surface area contributed by atoms with Gasteiger partial charge in [0.15, 0.2) is 0 Å². The number of amides is 1. The van der Waals surface area contributed by atoms with E-state index in [9.17, 15) is 4.79 Å². The van der Waals surface area contributed by atoms with Crippen molar-refractivity contribution in [2.45, 2.75) is 51.8 Å². The molecule has 1 amide bonds. The molecule has 170 valence electrons. The average Bonchev–Trinajstić information content (AvgIpc) is 3.32. The Morgan fingerprint density at radius 1 is 1.16 bits per heavy atom. The Balaban J connectivity index is 1.57. The Hall–Kier alpha value is -2.44. The van der Waals surface area contributed by atoms with Crippen molar-refractivity contribution >= 4 is 46.3 Å². The number of imidazole rings is 1. The van der Waals surface area contributed by atoms with E-state index in [2.05, 4.69) is 9.88 Å². The first-order valence-electron chi connectivity index (χ1n) is 10.8. The van der Waals surface area contributed by atoms with Crippen LogP contribution >= 0.6 is 23.2 Å². The van der Waals surface area contributed by atoms with E-state index in [1.807, 2.05) is 68.1 Å². The molecule has 0 spiro atoms. The summed E-state index contributed by atoms with van der Waals surface area (Å²) in [5, 5.41) is 4.71. The number of anilines is 1. The lowest BCUT2D eigenvalue weighted by molar-refractivity contribution is 0.0235. The quantitative estimate of drug-likeness (QED) is 0.477. The fourth-order valence-electron chi connectivity index (χ4n) is 4.03. The topological polar surface area (TPSA) is 59.4 Å². The van der Waals surface area contributed by atoms with Gasteiger partial charge in [-0.3, -0.25) is 0 Å². The van der Waals surface area contributed by atoms with Gasteiger partial charge in [0, 0.05) is 28.7 Å². The molecule has 4 rings (SSSR count). The van der Waals surface area contributed by atoms with Gasteiger partial charge in [0.1, 0.15) is 5.60 Å². The summed E-state index contributed by atoms with van der Waals surface area (Å²) in [6.45, 7) is 7.43. The number of ether oxygens (including phenoxy) is 1. The largest absolute Gasteiger partial charge is 0.444 e. The van der Waals surface area contributed by atoms with Crippen LogP contribution in [0.25, 0.3) is 11.0 Å². The minimum atomic E-state index is -0.514. The summed E-state index contributed by atoms with van der Waals surface area (Å²) < 4.78 is 7.67. The highest BCUT2D eigenvalue weighted by molar-refractivity contribution is 6.36. The number of benzene rings is 2. The number of fused-ring (bicyclic) bond motifs is 1. The van der Waals surface area contributed by atoms with Gasteiger partial charge < -0.3 is 19.5 Å². The molecule has 1 fully saturated rings. The predicted molar refractivity (Wildman–Crippen MR) is 130 cm³/mol. The van der Waals surface area contributed by atoms with Gasteiger partial charge in [-0.2, -0.15) is 0 Å². The van der Waals surface area contributed by atoms with E-state index in [1.165, 1.54) is 0 Å². The van der Waals surface area contributed by atoms with E-state index in [-0.39, 0.29) is 12.1 Å². The molecule has 0 bridgehead atoms. The third-order valence-corrected chi connectivity index (χ3v) is 6.24. The first kappa shape index (κ1) is 22.7. The van der Waals surface area contributed by atoms with Crippen molar-refractivity contribution in [2.24, 2.45) is 0 Å². The molecule has 1 aliphatic heterocycles. The highest BCUT2D eigenvalue weighted by atomic mass is 35.5. The summed E-state index contributed by atoms with van der Waals surface area (Å²) >= 11 is 12.9. The molecule has 1 atom stereocenters. The van der Waals surface area contributed by atoms with Crippen molar-refractivity contribution in [1.29, 1.82) is 0 Å². The summed E-state index contributed by atoms with van der Waals surface area (Å²) in [5.74, 6) is 0.721. The fourth-order valence-corrected chi connectivity index (χ4v) is 4.55. The number of rotatable bonds is 5. The normalized spacial score (nSPS) is 16.5. The molecule has 0 aliphatic carbocycles. The second kappa shape index (κ2) is 9.20. The van der Waals surface area contributed by atoms with Gasteiger partial charge in [0.25, 0.3) is 0 Å². The third-order valence-electron chi connectivity index (χ3n) is 5.53. The maximum atomic E-state index is 12.6. The number of aromatic nitrogens is 2. The van der Waals surface area contributed by atoms with Crippen LogP contribution in [-0.4, -0.2) is 45.3 Å². The first-order valence-corrected chi connectivity index (χ1v) is 11.6. The highest BCUT2D eigenvalue weighted by Gasteiger charge is 2.32. The van der Waals surface area contributed by atoms with E-state index >= 15 is 0 Å². The van der Waals surface area contributed by atoms with Crippen molar-refractivity contribution < 1.29 is 9.53 Å². The Morgan fingerprint density at radius 2 is 1.88 bits per heavy atom. The first-order chi connectivity index (χ1) is 15.2. The summed E-state index contributed by atoms with van der Waals surface area (Å²) in [6, 6.07) is 13.5. The van der Waals surface area contributed by atoms with Crippen molar-refractivity contribution in [2.75, 3.05) is 18.4 Å². The van der Waals surface area contributed by atoms with Crippen molar-refractivity contribution in [3.8, 4) is 0 Å². The van der Waals surface area contributed by atoms with Crippen LogP contribution in [0.4, 0.5) is 10.7 Å². The number of halogens is 2. The van der Waals surface area contributed by atoms with Gasteiger partial charge in [0.2, 0.25) is 5.95 Å². The van der Waals surface area contributed by atoms with E-state index in [4.69, 9.17) is 32.9 Å². The molecule has 32 heavy (non-hydrogen) atoms. The minimum Gasteiger partial charge on any atom is -0.444 e. The van der Waals surface area contributed by atoms with Crippen molar-refractivity contribution in [3.63, 3.8) is 0 Å². The second-order valence-corrected chi connectivity index (χ2v) is 9.88. The van der Waals surface area contributed by atoms with E-state index in [0.717, 1.165) is 35.4 Å². The number of nitrogens with one attached hydrogen (secondary N) is 1. The lowest BCUT2D eigenvalue weighted by atomic mass is 10.2. The standard InChI is InChI=1S/C24H28Cl2N4O2/c1-24(2,3)32-23(31)29-13-7-8-16(29)14-27-22-28-20-11-4-5-12-21(20)30(22)15-17-18(25)9-6-10-19(17)26/h4-6,9-12,16H,7-8,13-15H2,1-3H3,(H,27,28)/t16-/m1/s1. The summed E-state index contributed by atoms with van der Waals surface area (Å²) in [5.41, 5.74) is 2.20. The molecule has 1 saturated heterocycles. The minimum absolute atomic E-state index is 0.0435. The van der Waals surface area contributed by atoms with Crippen LogP contribution in [0.5, 0.6) is 0 Å². The Morgan fingerprint density at radius 3 is 2.59 bits per heavy atom. The zero-order valence-electron chi connectivity index (χ0n) is 18.6. The van der Waals surface area contributed by atoms with E-state index in [0.29, 0.717) is 29.7 Å². The predicted octanol–water partition coefficient (Wildman–Crippen LogP) is 6.20. The molecule has 0 unspecified atom stereocenters. The van der Waals surface area contributed by atoms with Crippen LogP contribution in [0.1, 0.15) is 39.2 Å². The smallest absolute Gasteiger partial charge is 0.410 e. The molecule has 1 aromatic heterocycles. The molecular weight excluding hydrogens is 447 g/mol. The van der Waals surface area contributed by atoms with Crippen molar-refractivity contribution in [1.82, 2.24) is 14.5 Å².